The fourth-order valence-corrected chi connectivity index (χ4v) is 4.42. The van der Waals surface area contributed by atoms with Crippen molar-refractivity contribution in [1.82, 2.24) is 9.62 Å². The number of aryl methyl sites for hydroxylation is 1. The number of nitrogens with one attached hydrogen (secondary N) is 1. The van der Waals surface area contributed by atoms with Crippen LogP contribution >= 0.6 is 0 Å². The third kappa shape index (κ3) is 4.44. The molecule has 26 heavy (non-hydrogen) atoms. The van der Waals surface area contributed by atoms with Crippen LogP contribution in [0.25, 0.3) is 0 Å². The normalized spacial score (nSPS) is 20.7. The van der Waals surface area contributed by atoms with Gasteiger partial charge in [-0.3, -0.25) is 9.59 Å². The van der Waals surface area contributed by atoms with Crippen molar-refractivity contribution in [2.24, 2.45) is 11.8 Å². The quantitative estimate of drug-likeness (QED) is 0.822. The van der Waals surface area contributed by atoms with Crippen LogP contribution in [0.5, 0.6) is 0 Å². The number of hydrogen-bond acceptors (Lipinski definition) is 4. The van der Waals surface area contributed by atoms with Crippen LogP contribution < -0.4 is 4.72 Å². The average molecular weight is 378 g/mol. The number of carbonyl (C=O) groups excluding carboxylic acids is 2. The van der Waals surface area contributed by atoms with Crippen LogP contribution in [-0.2, 0) is 26.0 Å². The van der Waals surface area contributed by atoms with Crippen molar-refractivity contribution >= 4 is 21.8 Å². The van der Waals surface area contributed by atoms with Crippen LogP contribution in [0.15, 0.2) is 29.2 Å². The molecule has 6 nitrogen and oxygen atoms in total. The molecule has 0 spiro atoms. The van der Waals surface area contributed by atoms with E-state index in [0.717, 1.165) is 37.7 Å². The molecule has 1 aliphatic carbocycles. The van der Waals surface area contributed by atoms with E-state index in [4.69, 9.17) is 0 Å². The van der Waals surface area contributed by atoms with Gasteiger partial charge in [0.05, 0.1) is 10.8 Å². The molecule has 1 unspecified atom stereocenters. The number of rotatable bonds is 6. The minimum absolute atomic E-state index is 0.0902. The Hall–Kier alpha value is -1.89. The summed E-state index contributed by atoms with van der Waals surface area (Å²) in [6, 6.07) is 6.62. The zero-order valence-corrected chi connectivity index (χ0v) is 15.9. The maximum atomic E-state index is 12.5. The summed E-state index contributed by atoms with van der Waals surface area (Å²) in [5.74, 6) is -0.768. The van der Waals surface area contributed by atoms with E-state index in [9.17, 15) is 18.0 Å². The first-order chi connectivity index (χ1) is 12.4. The van der Waals surface area contributed by atoms with Gasteiger partial charge in [0.15, 0.2) is 0 Å². The van der Waals surface area contributed by atoms with E-state index in [0.29, 0.717) is 19.5 Å². The number of amides is 2. The Morgan fingerprint density at radius 2 is 1.81 bits per heavy atom. The molecule has 1 aliphatic heterocycles. The molecule has 1 atom stereocenters. The Bertz CT molecular complexity index is 769. The molecule has 3 rings (SSSR count). The van der Waals surface area contributed by atoms with E-state index in [1.54, 1.807) is 17.0 Å². The second-order valence-electron chi connectivity index (χ2n) is 7.26. The average Bonchev–Trinajstić information content (AvgIpc) is 3.47. The number of carbonyl (C=O) groups is 2. The number of likely N-dealkylation sites (tertiary alicyclic amines) is 1. The third-order valence-corrected chi connectivity index (χ3v) is 6.40. The molecule has 1 N–H and O–H groups in total. The molecule has 0 radical (unpaired) electrons. The monoisotopic (exact) mass is 378 g/mol. The Labute approximate surface area is 155 Å². The number of piperidine rings is 1. The highest BCUT2D eigenvalue weighted by Gasteiger charge is 2.37. The van der Waals surface area contributed by atoms with Gasteiger partial charge in [0.2, 0.25) is 11.8 Å². The Morgan fingerprint density at radius 1 is 1.12 bits per heavy atom. The highest BCUT2D eigenvalue weighted by atomic mass is 32.2. The minimum atomic E-state index is -3.89. The van der Waals surface area contributed by atoms with E-state index in [1.165, 1.54) is 12.1 Å². The molecule has 1 saturated heterocycles. The highest BCUT2D eigenvalue weighted by Crippen LogP contribution is 2.32. The van der Waals surface area contributed by atoms with E-state index >= 15 is 0 Å². The van der Waals surface area contributed by atoms with Crippen molar-refractivity contribution in [1.29, 1.82) is 0 Å². The molecule has 0 bridgehead atoms. The van der Waals surface area contributed by atoms with Gasteiger partial charge >= 0.3 is 0 Å². The fourth-order valence-electron chi connectivity index (χ4n) is 3.38. The maximum Gasteiger partial charge on any atom is 0.264 e. The minimum Gasteiger partial charge on any atom is -0.342 e. The molecule has 1 aromatic carbocycles. The zero-order valence-electron chi connectivity index (χ0n) is 15.1. The first-order valence-electron chi connectivity index (χ1n) is 9.35. The standard InChI is InChI=1S/C19H26N2O4S/c1-2-4-14-6-10-17(11-7-14)26(24,25)20-18(22)16-5-3-12-21(13-16)19(23)15-8-9-15/h6-7,10-11,15-16H,2-5,8-9,12-13H2,1H3,(H,20,22). The van der Waals surface area contributed by atoms with Crippen molar-refractivity contribution in [3.8, 4) is 0 Å². The third-order valence-electron chi connectivity index (χ3n) is 5.04. The second-order valence-corrected chi connectivity index (χ2v) is 8.94. The van der Waals surface area contributed by atoms with Gasteiger partial charge in [0.1, 0.15) is 0 Å². The Balaban J connectivity index is 1.63. The van der Waals surface area contributed by atoms with Gasteiger partial charge in [-0.05, 0) is 49.8 Å². The lowest BCUT2D eigenvalue weighted by Gasteiger charge is -2.32. The van der Waals surface area contributed by atoms with Gasteiger partial charge < -0.3 is 4.90 Å². The predicted molar refractivity (Wildman–Crippen MR) is 97.8 cm³/mol. The van der Waals surface area contributed by atoms with Gasteiger partial charge in [-0.15, -0.1) is 0 Å². The van der Waals surface area contributed by atoms with Gasteiger partial charge in [0.25, 0.3) is 10.0 Å². The van der Waals surface area contributed by atoms with Crippen LogP contribution in [0, 0.1) is 11.8 Å². The van der Waals surface area contributed by atoms with Crippen LogP contribution in [0.2, 0.25) is 0 Å². The SMILES string of the molecule is CCCc1ccc(S(=O)(=O)NC(=O)C2CCCN(C(=O)C3CC3)C2)cc1. The lowest BCUT2D eigenvalue weighted by Crippen LogP contribution is -2.47. The summed E-state index contributed by atoms with van der Waals surface area (Å²) in [4.78, 5) is 26.5. The number of sulfonamides is 1. The number of hydrogen-bond donors (Lipinski definition) is 1. The first kappa shape index (κ1) is 18.9. The van der Waals surface area contributed by atoms with Gasteiger partial charge in [-0.25, -0.2) is 13.1 Å². The highest BCUT2D eigenvalue weighted by molar-refractivity contribution is 7.90. The fraction of sp³-hybridized carbons (Fsp3) is 0.579. The first-order valence-corrected chi connectivity index (χ1v) is 10.8. The summed E-state index contributed by atoms with van der Waals surface area (Å²) >= 11 is 0. The zero-order chi connectivity index (χ0) is 18.7. The number of nitrogens with zero attached hydrogens (tertiary/aromatic N) is 1. The molecule has 1 aromatic rings. The van der Waals surface area contributed by atoms with E-state index in [2.05, 4.69) is 11.6 Å². The molecule has 1 saturated carbocycles. The van der Waals surface area contributed by atoms with Crippen molar-refractivity contribution in [3.63, 3.8) is 0 Å². The summed E-state index contributed by atoms with van der Waals surface area (Å²) in [6.07, 6.45) is 5.05. The topological polar surface area (TPSA) is 83.6 Å². The van der Waals surface area contributed by atoms with Crippen LogP contribution in [-0.4, -0.2) is 38.2 Å². The van der Waals surface area contributed by atoms with Crippen LogP contribution in [0.1, 0.15) is 44.6 Å². The lowest BCUT2D eigenvalue weighted by molar-refractivity contribution is -0.136. The van der Waals surface area contributed by atoms with Crippen molar-refractivity contribution < 1.29 is 18.0 Å². The summed E-state index contributed by atoms with van der Waals surface area (Å²) in [7, 11) is -3.89. The summed E-state index contributed by atoms with van der Waals surface area (Å²) in [5, 5.41) is 0. The second kappa shape index (κ2) is 7.78. The van der Waals surface area contributed by atoms with E-state index in [1.807, 2.05) is 0 Å². The van der Waals surface area contributed by atoms with Crippen LogP contribution in [0.4, 0.5) is 0 Å². The summed E-state index contributed by atoms with van der Waals surface area (Å²) < 4.78 is 27.1. The molecule has 0 aromatic heterocycles. The molecule has 7 heteroatoms. The smallest absolute Gasteiger partial charge is 0.264 e. The van der Waals surface area contributed by atoms with Crippen molar-refractivity contribution in [2.45, 2.75) is 50.3 Å². The van der Waals surface area contributed by atoms with Crippen LogP contribution in [0.3, 0.4) is 0 Å². The molecule has 2 aliphatic rings. The summed E-state index contributed by atoms with van der Waals surface area (Å²) in [5.41, 5.74) is 1.07. The Kier molecular flexibility index (Phi) is 5.65. The van der Waals surface area contributed by atoms with Crippen molar-refractivity contribution in [3.05, 3.63) is 29.8 Å². The molecule has 142 valence electrons. The molecule has 2 fully saturated rings. The van der Waals surface area contributed by atoms with E-state index in [-0.39, 0.29) is 16.7 Å². The van der Waals surface area contributed by atoms with E-state index < -0.39 is 21.8 Å². The van der Waals surface area contributed by atoms with Gasteiger partial charge in [-0.2, -0.15) is 0 Å². The Morgan fingerprint density at radius 3 is 2.42 bits per heavy atom. The molecular weight excluding hydrogens is 352 g/mol. The van der Waals surface area contributed by atoms with Gasteiger partial charge in [0, 0.05) is 19.0 Å². The summed E-state index contributed by atoms with van der Waals surface area (Å²) in [6.45, 7) is 3.03. The molecule has 1 heterocycles. The number of benzene rings is 1. The lowest BCUT2D eigenvalue weighted by atomic mass is 9.97. The van der Waals surface area contributed by atoms with Crippen molar-refractivity contribution in [2.75, 3.05) is 13.1 Å². The molecule has 2 amide bonds. The van der Waals surface area contributed by atoms with Gasteiger partial charge in [-0.1, -0.05) is 25.5 Å². The molecular formula is C19H26N2O4S. The predicted octanol–water partition coefficient (Wildman–Crippen LogP) is 2.09. The largest absolute Gasteiger partial charge is 0.342 e. The maximum absolute atomic E-state index is 12.5.